The lowest BCUT2D eigenvalue weighted by Gasteiger charge is -2.32. The third-order valence-corrected chi connectivity index (χ3v) is 2.19. The number of amides is 1. The Labute approximate surface area is 67.9 Å². The highest BCUT2D eigenvalue weighted by Crippen LogP contribution is 2.16. The molecule has 11 heavy (non-hydrogen) atoms. The summed E-state index contributed by atoms with van der Waals surface area (Å²) in [6.07, 6.45) is 4.70. The van der Waals surface area contributed by atoms with E-state index in [1.54, 1.807) is 6.08 Å². The maximum Gasteiger partial charge on any atom is 0.223 e. The largest absolute Gasteiger partial charge is 0.336 e. The molecule has 0 aromatic rings. The summed E-state index contributed by atoms with van der Waals surface area (Å²) in [5.41, 5.74) is 0. The Bertz CT molecular complexity index is 165. The van der Waals surface area contributed by atoms with E-state index in [9.17, 15) is 4.79 Å². The van der Waals surface area contributed by atoms with E-state index >= 15 is 0 Å². The summed E-state index contributed by atoms with van der Waals surface area (Å²) in [6.45, 7) is 6.44. The van der Waals surface area contributed by atoms with Gasteiger partial charge in [0.05, 0.1) is 0 Å². The minimum absolute atomic E-state index is 0.281. The molecule has 0 aromatic carbocycles. The average Bonchev–Trinajstić information content (AvgIpc) is 1.97. The van der Waals surface area contributed by atoms with Crippen LogP contribution < -0.4 is 0 Å². The standard InChI is InChI=1S/C9H15NO/c1-3-7-10-8(2)5-4-6-9(10)11/h3,8H,1,4-7H2,2H3. The molecule has 1 fully saturated rings. The van der Waals surface area contributed by atoms with Crippen LogP contribution in [0.4, 0.5) is 0 Å². The molecule has 1 unspecified atom stereocenters. The Morgan fingerprint density at radius 3 is 3.09 bits per heavy atom. The third-order valence-electron chi connectivity index (χ3n) is 2.19. The van der Waals surface area contributed by atoms with Crippen molar-refractivity contribution >= 4 is 5.91 Å². The Morgan fingerprint density at radius 2 is 2.55 bits per heavy atom. The van der Waals surface area contributed by atoms with Gasteiger partial charge in [0, 0.05) is 19.0 Å². The first kappa shape index (κ1) is 8.31. The number of hydrogen-bond acceptors (Lipinski definition) is 1. The minimum Gasteiger partial charge on any atom is -0.336 e. The molecule has 1 rings (SSSR count). The maximum absolute atomic E-state index is 11.3. The second-order valence-corrected chi connectivity index (χ2v) is 3.08. The van der Waals surface area contributed by atoms with E-state index < -0.39 is 0 Å². The van der Waals surface area contributed by atoms with Gasteiger partial charge in [0.25, 0.3) is 0 Å². The maximum atomic E-state index is 11.3. The van der Waals surface area contributed by atoms with Crippen molar-refractivity contribution in [2.24, 2.45) is 0 Å². The molecular formula is C9H15NO. The first-order valence-corrected chi connectivity index (χ1v) is 4.16. The van der Waals surface area contributed by atoms with Gasteiger partial charge in [-0.1, -0.05) is 6.08 Å². The lowest BCUT2D eigenvalue weighted by atomic mass is 10.0. The molecule has 1 aliphatic heterocycles. The van der Waals surface area contributed by atoms with Crippen molar-refractivity contribution in [2.45, 2.75) is 32.2 Å². The van der Waals surface area contributed by atoms with E-state index in [2.05, 4.69) is 13.5 Å². The van der Waals surface area contributed by atoms with Gasteiger partial charge in [-0.05, 0) is 19.8 Å². The van der Waals surface area contributed by atoms with Gasteiger partial charge >= 0.3 is 0 Å². The molecule has 2 nitrogen and oxygen atoms in total. The number of nitrogens with zero attached hydrogens (tertiary/aromatic N) is 1. The van der Waals surface area contributed by atoms with Crippen molar-refractivity contribution in [3.8, 4) is 0 Å². The van der Waals surface area contributed by atoms with Gasteiger partial charge in [0.15, 0.2) is 0 Å². The molecule has 1 saturated heterocycles. The van der Waals surface area contributed by atoms with Crippen molar-refractivity contribution in [1.82, 2.24) is 4.90 Å². The molecule has 0 radical (unpaired) electrons. The highest BCUT2D eigenvalue weighted by atomic mass is 16.2. The zero-order valence-electron chi connectivity index (χ0n) is 7.05. The van der Waals surface area contributed by atoms with Crippen LogP contribution in [0.15, 0.2) is 12.7 Å². The van der Waals surface area contributed by atoms with Gasteiger partial charge in [-0.3, -0.25) is 4.79 Å². The Morgan fingerprint density at radius 1 is 1.82 bits per heavy atom. The minimum atomic E-state index is 0.281. The first-order valence-electron chi connectivity index (χ1n) is 4.16. The SMILES string of the molecule is C=CCN1C(=O)CCCC1C. The van der Waals surface area contributed by atoms with Crippen LogP contribution in [-0.4, -0.2) is 23.4 Å². The fourth-order valence-corrected chi connectivity index (χ4v) is 1.51. The van der Waals surface area contributed by atoms with Crippen molar-refractivity contribution < 1.29 is 4.79 Å². The van der Waals surface area contributed by atoms with Crippen LogP contribution in [0.2, 0.25) is 0 Å². The Balaban J connectivity index is 2.54. The number of piperidine rings is 1. The predicted octanol–water partition coefficient (Wildman–Crippen LogP) is 1.57. The summed E-state index contributed by atoms with van der Waals surface area (Å²) in [5, 5.41) is 0. The van der Waals surface area contributed by atoms with Gasteiger partial charge in [-0.15, -0.1) is 6.58 Å². The number of rotatable bonds is 2. The summed E-state index contributed by atoms with van der Waals surface area (Å²) in [5.74, 6) is 0.281. The molecule has 1 heterocycles. The van der Waals surface area contributed by atoms with Gasteiger partial charge in [-0.25, -0.2) is 0 Å². The fraction of sp³-hybridized carbons (Fsp3) is 0.667. The second kappa shape index (κ2) is 3.56. The molecule has 0 aliphatic carbocycles. The molecule has 1 atom stereocenters. The molecule has 2 heteroatoms. The molecule has 1 aliphatic rings. The number of likely N-dealkylation sites (tertiary alicyclic amines) is 1. The van der Waals surface area contributed by atoms with Crippen LogP contribution in [0, 0.1) is 0 Å². The van der Waals surface area contributed by atoms with Gasteiger partial charge in [0.1, 0.15) is 0 Å². The molecule has 1 amide bonds. The predicted molar refractivity (Wildman–Crippen MR) is 45.2 cm³/mol. The molecule has 0 bridgehead atoms. The van der Waals surface area contributed by atoms with Crippen molar-refractivity contribution in [1.29, 1.82) is 0 Å². The number of carbonyl (C=O) groups is 1. The molecular weight excluding hydrogens is 138 g/mol. The Hall–Kier alpha value is -0.790. The van der Waals surface area contributed by atoms with E-state index in [1.807, 2.05) is 4.90 Å². The van der Waals surface area contributed by atoms with Crippen molar-refractivity contribution in [2.75, 3.05) is 6.54 Å². The van der Waals surface area contributed by atoms with Crippen LogP contribution in [0.3, 0.4) is 0 Å². The van der Waals surface area contributed by atoms with E-state index in [0.717, 1.165) is 19.3 Å². The number of hydrogen-bond donors (Lipinski definition) is 0. The zero-order chi connectivity index (χ0) is 8.27. The summed E-state index contributed by atoms with van der Waals surface area (Å²) in [4.78, 5) is 13.2. The van der Waals surface area contributed by atoms with Gasteiger partial charge in [0.2, 0.25) is 5.91 Å². The third kappa shape index (κ3) is 1.82. The fourth-order valence-electron chi connectivity index (χ4n) is 1.51. The van der Waals surface area contributed by atoms with Crippen LogP contribution in [-0.2, 0) is 4.79 Å². The van der Waals surface area contributed by atoms with Crippen LogP contribution in [0.25, 0.3) is 0 Å². The van der Waals surface area contributed by atoms with E-state index in [1.165, 1.54) is 0 Å². The van der Waals surface area contributed by atoms with Crippen LogP contribution >= 0.6 is 0 Å². The summed E-state index contributed by atoms with van der Waals surface area (Å²) >= 11 is 0. The monoisotopic (exact) mass is 153 g/mol. The Kier molecular flexibility index (Phi) is 2.69. The average molecular weight is 153 g/mol. The van der Waals surface area contributed by atoms with Gasteiger partial charge < -0.3 is 4.90 Å². The van der Waals surface area contributed by atoms with Crippen molar-refractivity contribution in [3.63, 3.8) is 0 Å². The second-order valence-electron chi connectivity index (χ2n) is 3.08. The van der Waals surface area contributed by atoms with Gasteiger partial charge in [-0.2, -0.15) is 0 Å². The normalized spacial score (nSPS) is 25.4. The quantitative estimate of drug-likeness (QED) is 0.551. The van der Waals surface area contributed by atoms with Crippen molar-refractivity contribution in [3.05, 3.63) is 12.7 Å². The topological polar surface area (TPSA) is 20.3 Å². The molecule has 0 spiro atoms. The highest BCUT2D eigenvalue weighted by Gasteiger charge is 2.22. The zero-order valence-corrected chi connectivity index (χ0v) is 7.05. The van der Waals surface area contributed by atoms with Crippen LogP contribution in [0.1, 0.15) is 26.2 Å². The first-order chi connectivity index (χ1) is 5.25. The smallest absolute Gasteiger partial charge is 0.223 e. The molecule has 0 saturated carbocycles. The molecule has 62 valence electrons. The van der Waals surface area contributed by atoms with E-state index in [0.29, 0.717) is 12.6 Å². The summed E-state index contributed by atoms with van der Waals surface area (Å²) in [6, 6.07) is 0.411. The highest BCUT2D eigenvalue weighted by molar-refractivity contribution is 5.77. The lowest BCUT2D eigenvalue weighted by Crippen LogP contribution is -2.41. The van der Waals surface area contributed by atoms with E-state index in [-0.39, 0.29) is 5.91 Å². The lowest BCUT2D eigenvalue weighted by molar-refractivity contribution is -0.135. The van der Waals surface area contributed by atoms with Crippen LogP contribution in [0.5, 0.6) is 0 Å². The molecule has 0 aromatic heterocycles. The van der Waals surface area contributed by atoms with E-state index in [4.69, 9.17) is 0 Å². The summed E-state index contributed by atoms with van der Waals surface area (Å²) < 4.78 is 0. The number of carbonyl (C=O) groups excluding carboxylic acids is 1. The molecule has 0 N–H and O–H groups in total. The summed E-state index contributed by atoms with van der Waals surface area (Å²) in [7, 11) is 0.